The molecule has 3 fully saturated rings. The third kappa shape index (κ3) is 4.88. The van der Waals surface area contributed by atoms with E-state index in [1.54, 1.807) is 0 Å². The number of piperidine rings is 2. The van der Waals surface area contributed by atoms with E-state index in [1.807, 2.05) is 24.3 Å². The molecule has 1 unspecified atom stereocenters. The van der Waals surface area contributed by atoms with Gasteiger partial charge in [0.05, 0.1) is 11.0 Å². The van der Waals surface area contributed by atoms with E-state index in [0.717, 1.165) is 55.8 Å². The van der Waals surface area contributed by atoms with Crippen LogP contribution < -0.4 is 0 Å². The fraction of sp³-hybridized carbons (Fsp3) is 0.444. The molecular weight excluding hydrogens is 504 g/mol. The van der Waals surface area contributed by atoms with E-state index in [0.29, 0.717) is 18.1 Å². The van der Waals surface area contributed by atoms with E-state index < -0.39 is 0 Å². The van der Waals surface area contributed by atoms with Crippen LogP contribution in [0.1, 0.15) is 78.3 Å². The van der Waals surface area contributed by atoms with Crippen LogP contribution in [-0.4, -0.2) is 57.0 Å². The van der Waals surface area contributed by atoms with Crippen LogP contribution in [-0.2, 0) is 5.41 Å². The Kier molecular flexibility index (Phi) is 6.94. The Labute approximate surface area is 244 Å². The Balaban J connectivity index is 1.06. The number of para-hydroxylation sites is 2. The van der Waals surface area contributed by atoms with E-state index in [2.05, 4.69) is 82.8 Å². The molecule has 212 valence electrons. The van der Waals surface area contributed by atoms with Gasteiger partial charge in [-0.3, -0.25) is 9.69 Å². The van der Waals surface area contributed by atoms with Gasteiger partial charge in [0.1, 0.15) is 5.82 Å². The lowest BCUT2D eigenvalue weighted by atomic mass is 9.70. The zero-order valence-corrected chi connectivity index (χ0v) is 24.5. The van der Waals surface area contributed by atoms with Crippen molar-refractivity contribution >= 4 is 16.9 Å². The van der Waals surface area contributed by atoms with E-state index in [9.17, 15) is 4.79 Å². The van der Waals surface area contributed by atoms with Gasteiger partial charge in [0.2, 0.25) is 0 Å². The van der Waals surface area contributed by atoms with E-state index in [1.165, 1.54) is 42.3 Å². The number of benzene rings is 3. The third-order valence-electron chi connectivity index (χ3n) is 10.5. The molecule has 3 saturated heterocycles. The maximum Gasteiger partial charge on any atom is 0.253 e. The van der Waals surface area contributed by atoms with Crippen molar-refractivity contribution in [3.63, 3.8) is 0 Å². The van der Waals surface area contributed by atoms with Crippen LogP contribution >= 0.6 is 0 Å². The van der Waals surface area contributed by atoms with Crippen LogP contribution in [0.15, 0.2) is 78.9 Å². The Morgan fingerprint density at radius 3 is 2.20 bits per heavy atom. The first kappa shape index (κ1) is 26.5. The average Bonchev–Trinajstić information content (AvgIpc) is 3.47. The fourth-order valence-electron chi connectivity index (χ4n) is 8.28. The summed E-state index contributed by atoms with van der Waals surface area (Å²) in [6, 6.07) is 29.6. The molecule has 3 atom stereocenters. The lowest BCUT2D eigenvalue weighted by Gasteiger charge is -2.45. The van der Waals surface area contributed by atoms with Crippen molar-refractivity contribution in [3.05, 3.63) is 101 Å². The van der Waals surface area contributed by atoms with E-state index in [-0.39, 0.29) is 11.3 Å². The highest BCUT2D eigenvalue weighted by atomic mass is 16.2. The predicted molar refractivity (Wildman–Crippen MR) is 165 cm³/mol. The molecule has 41 heavy (non-hydrogen) atoms. The summed E-state index contributed by atoms with van der Waals surface area (Å²) in [5.74, 6) is 1.33. The summed E-state index contributed by atoms with van der Waals surface area (Å²) in [7, 11) is 0. The normalized spacial score (nSPS) is 24.1. The number of carbonyl (C=O) groups is 1. The lowest BCUT2D eigenvalue weighted by Crippen LogP contribution is -2.49. The minimum Gasteiger partial charge on any atom is -0.339 e. The molecule has 0 aliphatic carbocycles. The minimum atomic E-state index is 0.124. The number of hydrogen-bond acceptors (Lipinski definition) is 3. The quantitative estimate of drug-likeness (QED) is 0.259. The number of aromatic nitrogens is 2. The monoisotopic (exact) mass is 546 g/mol. The summed E-state index contributed by atoms with van der Waals surface area (Å²) >= 11 is 0. The number of fused-ring (bicyclic) bond motifs is 3. The second-order valence-electron chi connectivity index (χ2n) is 12.8. The molecule has 0 radical (unpaired) electrons. The standard InChI is InChI=1S/C36H42N4O/c1-26-12-14-28(15-13-26)35(41)38-21-18-36(19-22-38,29-8-4-3-5-9-29)20-23-39-30-16-17-31(39)25-32(24-30)40-27(2)37-33-10-6-7-11-34(33)40/h3-15,30-32H,16-25H2,1-2H3/t30-,31+,32?. The smallest absolute Gasteiger partial charge is 0.253 e. The summed E-state index contributed by atoms with van der Waals surface area (Å²) in [5.41, 5.74) is 5.98. The average molecular weight is 547 g/mol. The molecule has 0 saturated carbocycles. The van der Waals surface area contributed by atoms with Gasteiger partial charge in [0.15, 0.2) is 0 Å². The van der Waals surface area contributed by atoms with Crippen molar-refractivity contribution in [2.45, 2.75) is 82.3 Å². The van der Waals surface area contributed by atoms with Gasteiger partial charge < -0.3 is 9.47 Å². The van der Waals surface area contributed by atoms with Gasteiger partial charge in [-0.2, -0.15) is 0 Å². The molecule has 0 N–H and O–H groups in total. The molecular formula is C36H42N4O. The first-order valence-electron chi connectivity index (χ1n) is 15.6. The molecule has 1 amide bonds. The molecule has 0 spiro atoms. The van der Waals surface area contributed by atoms with Gasteiger partial charge in [-0.05, 0) is 101 Å². The molecule has 4 aromatic rings. The summed E-state index contributed by atoms with van der Waals surface area (Å²) in [6.45, 7) is 7.03. The Morgan fingerprint density at radius 2 is 1.49 bits per heavy atom. The molecule has 4 heterocycles. The molecule has 5 heteroatoms. The Hall–Kier alpha value is -3.44. The summed E-state index contributed by atoms with van der Waals surface area (Å²) in [6.07, 6.45) is 8.27. The molecule has 3 aliphatic rings. The Bertz CT molecular complexity index is 1500. The topological polar surface area (TPSA) is 41.4 Å². The number of aryl methyl sites for hydroxylation is 2. The first-order chi connectivity index (χ1) is 20.0. The van der Waals surface area contributed by atoms with E-state index in [4.69, 9.17) is 4.98 Å². The number of likely N-dealkylation sites (tertiary alicyclic amines) is 1. The van der Waals surface area contributed by atoms with Crippen molar-refractivity contribution in [1.82, 2.24) is 19.4 Å². The summed E-state index contributed by atoms with van der Waals surface area (Å²) in [4.78, 5) is 23.1. The fourth-order valence-corrected chi connectivity index (χ4v) is 8.28. The van der Waals surface area contributed by atoms with Gasteiger partial charge in [0.25, 0.3) is 5.91 Å². The van der Waals surface area contributed by atoms with Crippen molar-refractivity contribution < 1.29 is 4.79 Å². The number of carbonyl (C=O) groups excluding carboxylic acids is 1. The highest BCUT2D eigenvalue weighted by molar-refractivity contribution is 5.94. The van der Waals surface area contributed by atoms with E-state index >= 15 is 0 Å². The maximum atomic E-state index is 13.3. The van der Waals surface area contributed by atoms with Crippen molar-refractivity contribution in [2.75, 3.05) is 19.6 Å². The van der Waals surface area contributed by atoms with Crippen LogP contribution in [0, 0.1) is 13.8 Å². The first-order valence-corrected chi connectivity index (χ1v) is 15.6. The largest absolute Gasteiger partial charge is 0.339 e. The minimum absolute atomic E-state index is 0.124. The molecule has 3 aliphatic heterocycles. The van der Waals surface area contributed by atoms with Crippen molar-refractivity contribution in [1.29, 1.82) is 0 Å². The zero-order chi connectivity index (χ0) is 28.0. The Morgan fingerprint density at radius 1 is 0.829 bits per heavy atom. The number of rotatable bonds is 6. The van der Waals surface area contributed by atoms with Gasteiger partial charge in [-0.25, -0.2) is 4.98 Å². The van der Waals surface area contributed by atoms with Gasteiger partial charge >= 0.3 is 0 Å². The summed E-state index contributed by atoms with van der Waals surface area (Å²) < 4.78 is 2.53. The third-order valence-corrected chi connectivity index (χ3v) is 10.5. The van der Waals surface area contributed by atoms with Crippen molar-refractivity contribution in [2.24, 2.45) is 0 Å². The van der Waals surface area contributed by atoms with Gasteiger partial charge in [-0.15, -0.1) is 0 Å². The van der Waals surface area contributed by atoms with Crippen LogP contribution in [0.3, 0.4) is 0 Å². The highest BCUT2D eigenvalue weighted by Crippen LogP contribution is 2.45. The van der Waals surface area contributed by atoms with Crippen LogP contribution in [0.2, 0.25) is 0 Å². The lowest BCUT2D eigenvalue weighted by molar-refractivity contribution is 0.0607. The predicted octanol–water partition coefficient (Wildman–Crippen LogP) is 7.09. The molecule has 2 bridgehead atoms. The van der Waals surface area contributed by atoms with Crippen molar-refractivity contribution in [3.8, 4) is 0 Å². The SMILES string of the molecule is Cc1ccc(C(=O)N2CCC(CCN3[C@@H]4CC[C@H]3CC(n3c(C)nc5ccccc53)C4)(c3ccccc3)CC2)cc1. The maximum absolute atomic E-state index is 13.3. The van der Waals surface area contributed by atoms with Gasteiger partial charge in [0, 0.05) is 36.8 Å². The molecule has 5 nitrogen and oxygen atoms in total. The molecule has 7 rings (SSSR count). The van der Waals surface area contributed by atoms with Gasteiger partial charge in [-0.1, -0.05) is 60.2 Å². The molecule has 3 aromatic carbocycles. The number of amides is 1. The second-order valence-corrected chi connectivity index (χ2v) is 12.8. The zero-order valence-electron chi connectivity index (χ0n) is 24.5. The van der Waals surface area contributed by atoms with Crippen LogP contribution in [0.5, 0.6) is 0 Å². The summed E-state index contributed by atoms with van der Waals surface area (Å²) in [5, 5.41) is 0. The van der Waals surface area contributed by atoms with Crippen LogP contribution in [0.25, 0.3) is 11.0 Å². The van der Waals surface area contributed by atoms with Crippen LogP contribution in [0.4, 0.5) is 0 Å². The highest BCUT2D eigenvalue weighted by Gasteiger charge is 2.44. The number of hydrogen-bond donors (Lipinski definition) is 0. The number of nitrogens with zero attached hydrogens (tertiary/aromatic N) is 4. The number of imidazole rings is 1. The second kappa shape index (κ2) is 10.8. The molecule has 1 aromatic heterocycles.